The molecule has 0 aliphatic heterocycles. The summed E-state index contributed by atoms with van der Waals surface area (Å²) in [5, 5.41) is 13.8. The van der Waals surface area contributed by atoms with Crippen molar-refractivity contribution in [3.05, 3.63) is 48.3 Å². The Labute approximate surface area is 133 Å². The summed E-state index contributed by atoms with van der Waals surface area (Å²) in [4.78, 5) is 34.6. The number of hydrogen-bond donors (Lipinski definition) is 3. The van der Waals surface area contributed by atoms with Gasteiger partial charge in [-0.1, -0.05) is 18.2 Å². The van der Waals surface area contributed by atoms with Gasteiger partial charge in [0.1, 0.15) is 17.9 Å². The lowest BCUT2D eigenvalue weighted by Gasteiger charge is -2.20. The molecule has 3 N–H and O–H groups in total. The lowest BCUT2D eigenvalue weighted by atomic mass is 10.0. The Morgan fingerprint density at radius 2 is 2.00 bits per heavy atom. The van der Waals surface area contributed by atoms with Crippen LogP contribution in [0.1, 0.15) is 18.9 Å². The highest BCUT2D eigenvalue weighted by molar-refractivity contribution is 5.90. The first-order valence-corrected chi connectivity index (χ1v) is 6.99. The number of carbonyl (C=O) groups excluding carboxylic acids is 2. The van der Waals surface area contributed by atoms with Gasteiger partial charge in [0, 0.05) is 13.3 Å². The summed E-state index contributed by atoms with van der Waals surface area (Å²) in [7, 11) is 0. The Kier molecular flexibility index (Phi) is 6.92. The first kappa shape index (κ1) is 18.3. The molecule has 23 heavy (non-hydrogen) atoms. The van der Waals surface area contributed by atoms with E-state index in [9.17, 15) is 18.8 Å². The van der Waals surface area contributed by atoms with Crippen LogP contribution in [0.15, 0.2) is 36.9 Å². The minimum atomic E-state index is -1.20. The molecule has 1 aromatic carbocycles. The normalized spacial score (nSPS) is 12.8. The number of benzene rings is 1. The molecule has 0 spiro atoms. The molecule has 0 radical (unpaired) electrons. The van der Waals surface area contributed by atoms with E-state index < -0.39 is 35.7 Å². The fraction of sp³-hybridized carbons (Fsp3) is 0.312. The van der Waals surface area contributed by atoms with Crippen LogP contribution in [-0.4, -0.2) is 35.0 Å². The van der Waals surface area contributed by atoms with Crippen molar-refractivity contribution in [1.29, 1.82) is 0 Å². The molecule has 0 bridgehead atoms. The van der Waals surface area contributed by atoms with Gasteiger partial charge in [-0.2, -0.15) is 0 Å². The minimum absolute atomic E-state index is 0.0452. The molecular formula is C16H19FN2O4. The summed E-state index contributed by atoms with van der Waals surface area (Å²) in [6.07, 6.45) is 1.47. The lowest BCUT2D eigenvalue weighted by molar-refractivity contribution is -0.142. The second-order valence-corrected chi connectivity index (χ2v) is 5.01. The van der Waals surface area contributed by atoms with Gasteiger partial charge in [-0.15, -0.1) is 6.58 Å². The van der Waals surface area contributed by atoms with E-state index in [1.54, 1.807) is 6.07 Å². The molecular weight excluding hydrogens is 303 g/mol. The molecule has 0 aromatic heterocycles. The van der Waals surface area contributed by atoms with Gasteiger partial charge in [0.25, 0.3) is 0 Å². The summed E-state index contributed by atoms with van der Waals surface area (Å²) in [6, 6.07) is 3.49. The molecule has 124 valence electrons. The highest BCUT2D eigenvalue weighted by Gasteiger charge is 2.25. The fourth-order valence-electron chi connectivity index (χ4n) is 2.01. The standard InChI is InChI=1S/C16H19FN2O4/c1-3-5-13(16(22)23)19-15(21)14(18-10(2)20)9-11-6-4-7-12(17)8-11/h3-4,6-8,13-14H,1,5,9H2,2H3,(H,18,20)(H,19,21)(H,22,23)/t13-,14+/m0/s1. The fourth-order valence-corrected chi connectivity index (χ4v) is 2.01. The van der Waals surface area contributed by atoms with Crippen molar-refractivity contribution in [3.8, 4) is 0 Å². The third kappa shape index (κ3) is 6.29. The summed E-state index contributed by atoms with van der Waals surface area (Å²) >= 11 is 0. The van der Waals surface area contributed by atoms with E-state index in [2.05, 4.69) is 17.2 Å². The predicted molar refractivity (Wildman–Crippen MR) is 82.1 cm³/mol. The second kappa shape index (κ2) is 8.67. The maximum Gasteiger partial charge on any atom is 0.326 e. The average molecular weight is 322 g/mol. The molecule has 1 rings (SSSR count). The second-order valence-electron chi connectivity index (χ2n) is 5.01. The summed E-state index contributed by atoms with van der Waals surface area (Å²) in [6.45, 7) is 4.68. The smallest absolute Gasteiger partial charge is 0.326 e. The van der Waals surface area contributed by atoms with E-state index in [1.807, 2.05) is 0 Å². The Bertz CT molecular complexity index is 603. The molecule has 0 aliphatic carbocycles. The number of rotatable bonds is 8. The number of aliphatic carboxylic acids is 1. The molecule has 0 saturated heterocycles. The SMILES string of the molecule is C=CC[C@H](NC(=O)[C@@H](Cc1cccc(F)c1)NC(C)=O)C(=O)O. The Balaban J connectivity index is 2.87. The number of nitrogens with one attached hydrogen (secondary N) is 2. The Hall–Kier alpha value is -2.70. The van der Waals surface area contributed by atoms with Crippen molar-refractivity contribution in [3.63, 3.8) is 0 Å². The van der Waals surface area contributed by atoms with Gasteiger partial charge in [0.05, 0.1) is 0 Å². The van der Waals surface area contributed by atoms with E-state index in [1.165, 1.54) is 31.2 Å². The van der Waals surface area contributed by atoms with Crippen LogP contribution in [0.25, 0.3) is 0 Å². The average Bonchev–Trinajstić information content (AvgIpc) is 2.45. The van der Waals surface area contributed by atoms with E-state index in [0.29, 0.717) is 5.56 Å². The third-order valence-electron chi connectivity index (χ3n) is 3.04. The van der Waals surface area contributed by atoms with Gasteiger partial charge >= 0.3 is 5.97 Å². The summed E-state index contributed by atoms with van der Waals surface area (Å²) in [5.74, 6) is -2.76. The molecule has 7 heteroatoms. The highest BCUT2D eigenvalue weighted by atomic mass is 19.1. The quantitative estimate of drug-likeness (QED) is 0.623. The molecule has 0 fully saturated rings. The zero-order chi connectivity index (χ0) is 17.4. The first-order valence-electron chi connectivity index (χ1n) is 6.99. The molecule has 6 nitrogen and oxygen atoms in total. The van der Waals surface area contributed by atoms with Crippen molar-refractivity contribution in [2.45, 2.75) is 31.8 Å². The summed E-state index contributed by atoms with van der Waals surface area (Å²) < 4.78 is 13.2. The van der Waals surface area contributed by atoms with Crippen molar-refractivity contribution in [2.24, 2.45) is 0 Å². The number of hydrogen-bond acceptors (Lipinski definition) is 3. The van der Waals surface area contributed by atoms with Crippen molar-refractivity contribution in [2.75, 3.05) is 0 Å². The van der Waals surface area contributed by atoms with Crippen LogP contribution >= 0.6 is 0 Å². The Morgan fingerprint density at radius 1 is 1.30 bits per heavy atom. The molecule has 2 amide bonds. The van der Waals surface area contributed by atoms with Crippen LogP contribution in [-0.2, 0) is 20.8 Å². The van der Waals surface area contributed by atoms with Crippen molar-refractivity contribution in [1.82, 2.24) is 10.6 Å². The lowest BCUT2D eigenvalue weighted by Crippen LogP contribution is -2.52. The molecule has 1 aromatic rings. The van der Waals surface area contributed by atoms with Crippen molar-refractivity contribution >= 4 is 17.8 Å². The molecule has 2 atom stereocenters. The van der Waals surface area contributed by atoms with Gasteiger partial charge in [-0.3, -0.25) is 9.59 Å². The number of carboxylic acids is 1. The first-order chi connectivity index (χ1) is 10.8. The van der Waals surface area contributed by atoms with E-state index >= 15 is 0 Å². The van der Waals surface area contributed by atoms with Gasteiger partial charge in [-0.25, -0.2) is 9.18 Å². The number of carboxylic acid groups (broad SMARTS) is 1. The van der Waals surface area contributed by atoms with Gasteiger partial charge in [0.15, 0.2) is 0 Å². The Morgan fingerprint density at radius 3 is 2.52 bits per heavy atom. The van der Waals surface area contributed by atoms with Crippen LogP contribution in [0.5, 0.6) is 0 Å². The number of amides is 2. The zero-order valence-corrected chi connectivity index (χ0v) is 12.7. The predicted octanol–water partition coefficient (Wildman–Crippen LogP) is 1.02. The van der Waals surface area contributed by atoms with Gasteiger partial charge < -0.3 is 15.7 Å². The maximum absolute atomic E-state index is 13.2. The van der Waals surface area contributed by atoms with E-state index in [0.717, 1.165) is 0 Å². The number of halogens is 1. The largest absolute Gasteiger partial charge is 0.480 e. The topological polar surface area (TPSA) is 95.5 Å². The monoisotopic (exact) mass is 322 g/mol. The van der Waals surface area contributed by atoms with Crippen LogP contribution in [0, 0.1) is 5.82 Å². The van der Waals surface area contributed by atoms with E-state index in [4.69, 9.17) is 5.11 Å². The zero-order valence-electron chi connectivity index (χ0n) is 12.7. The number of carbonyl (C=O) groups is 3. The molecule has 0 heterocycles. The maximum atomic E-state index is 13.2. The summed E-state index contributed by atoms with van der Waals surface area (Å²) in [5.41, 5.74) is 0.509. The highest BCUT2D eigenvalue weighted by Crippen LogP contribution is 2.07. The van der Waals surface area contributed by atoms with Crippen LogP contribution < -0.4 is 10.6 Å². The van der Waals surface area contributed by atoms with Gasteiger partial charge in [0.2, 0.25) is 11.8 Å². The van der Waals surface area contributed by atoms with E-state index in [-0.39, 0.29) is 12.8 Å². The van der Waals surface area contributed by atoms with Crippen LogP contribution in [0.4, 0.5) is 4.39 Å². The molecule has 0 unspecified atom stereocenters. The molecule has 0 aliphatic rings. The van der Waals surface area contributed by atoms with Gasteiger partial charge in [-0.05, 0) is 24.1 Å². The van der Waals surface area contributed by atoms with Crippen molar-refractivity contribution < 1.29 is 23.9 Å². The van der Waals surface area contributed by atoms with Crippen LogP contribution in [0.3, 0.4) is 0 Å². The minimum Gasteiger partial charge on any atom is -0.480 e. The van der Waals surface area contributed by atoms with Crippen LogP contribution in [0.2, 0.25) is 0 Å². The molecule has 0 saturated carbocycles. The third-order valence-corrected chi connectivity index (χ3v) is 3.04.